The van der Waals surface area contributed by atoms with Crippen LogP contribution in [0.1, 0.15) is 24.4 Å². The van der Waals surface area contributed by atoms with E-state index in [-0.39, 0.29) is 24.9 Å². The zero-order valence-corrected chi connectivity index (χ0v) is 14.7. The number of hydrogen-bond donors (Lipinski definition) is 1. The van der Waals surface area contributed by atoms with Gasteiger partial charge in [-0.3, -0.25) is 4.90 Å². The average Bonchev–Trinajstić information content (AvgIpc) is 2.54. The van der Waals surface area contributed by atoms with Crippen LogP contribution in [0.2, 0.25) is 0 Å². The highest BCUT2D eigenvalue weighted by atomic mass is 35.5. The van der Waals surface area contributed by atoms with Gasteiger partial charge in [-0.25, -0.2) is 0 Å². The third-order valence-corrected chi connectivity index (χ3v) is 4.09. The van der Waals surface area contributed by atoms with Crippen molar-refractivity contribution in [3.63, 3.8) is 0 Å². The third-order valence-electron chi connectivity index (χ3n) is 4.09. The van der Waals surface area contributed by atoms with Crippen molar-refractivity contribution < 1.29 is 22.6 Å². The lowest BCUT2D eigenvalue weighted by molar-refractivity contribution is -0.138. The maximum Gasteiger partial charge on any atom is 0.389 e. The van der Waals surface area contributed by atoms with Crippen molar-refractivity contribution in [2.45, 2.75) is 25.1 Å². The van der Waals surface area contributed by atoms with E-state index >= 15 is 0 Å². The molecule has 0 spiro atoms. The van der Waals surface area contributed by atoms with Crippen LogP contribution in [0.25, 0.3) is 0 Å². The van der Waals surface area contributed by atoms with Gasteiger partial charge in [0.05, 0.1) is 14.2 Å². The van der Waals surface area contributed by atoms with Crippen molar-refractivity contribution in [2.75, 3.05) is 40.4 Å². The molecule has 4 nitrogen and oxygen atoms in total. The van der Waals surface area contributed by atoms with Crippen LogP contribution in [0.5, 0.6) is 11.5 Å². The summed E-state index contributed by atoms with van der Waals surface area (Å²) in [4.78, 5) is 2.08. The number of alkyl halides is 3. The Balaban J connectivity index is 0.00000288. The van der Waals surface area contributed by atoms with Gasteiger partial charge < -0.3 is 14.8 Å². The second kappa shape index (κ2) is 9.34. The zero-order chi connectivity index (χ0) is 16.9. The van der Waals surface area contributed by atoms with E-state index in [0.29, 0.717) is 24.6 Å². The van der Waals surface area contributed by atoms with Gasteiger partial charge in [-0.2, -0.15) is 13.2 Å². The highest BCUT2D eigenvalue weighted by Gasteiger charge is 2.32. The molecular formula is C16H24ClF3N2O2. The summed E-state index contributed by atoms with van der Waals surface area (Å²) in [6.45, 7) is 2.97. The minimum atomic E-state index is -4.17. The van der Waals surface area contributed by atoms with Crippen molar-refractivity contribution in [3.8, 4) is 11.5 Å². The van der Waals surface area contributed by atoms with E-state index in [9.17, 15) is 13.2 Å². The van der Waals surface area contributed by atoms with Crippen LogP contribution in [-0.4, -0.2) is 51.5 Å². The van der Waals surface area contributed by atoms with Gasteiger partial charge in [0.1, 0.15) is 0 Å². The van der Waals surface area contributed by atoms with Crippen LogP contribution in [0.15, 0.2) is 18.2 Å². The summed E-state index contributed by atoms with van der Waals surface area (Å²) in [7, 11) is 3.04. The molecule has 1 aromatic rings. The molecule has 0 aromatic heterocycles. The number of rotatable bonds is 6. The smallest absolute Gasteiger partial charge is 0.389 e. The lowest BCUT2D eigenvalue weighted by atomic mass is 9.97. The number of hydrogen-bond acceptors (Lipinski definition) is 4. The van der Waals surface area contributed by atoms with Crippen molar-refractivity contribution in [2.24, 2.45) is 0 Å². The molecule has 1 aliphatic heterocycles. The van der Waals surface area contributed by atoms with Gasteiger partial charge in [-0.15, -0.1) is 12.4 Å². The van der Waals surface area contributed by atoms with Crippen LogP contribution in [0.3, 0.4) is 0 Å². The predicted molar refractivity (Wildman–Crippen MR) is 89.3 cm³/mol. The second-order valence-electron chi connectivity index (χ2n) is 5.54. The zero-order valence-electron chi connectivity index (χ0n) is 13.9. The highest BCUT2D eigenvalue weighted by Crippen LogP contribution is 2.40. The lowest BCUT2D eigenvalue weighted by Gasteiger charge is -2.36. The Morgan fingerprint density at radius 3 is 2.38 bits per heavy atom. The van der Waals surface area contributed by atoms with E-state index < -0.39 is 12.6 Å². The normalized spacial score (nSPS) is 17.0. The van der Waals surface area contributed by atoms with Crippen molar-refractivity contribution in [1.29, 1.82) is 0 Å². The van der Waals surface area contributed by atoms with Gasteiger partial charge in [0.15, 0.2) is 11.5 Å². The third kappa shape index (κ3) is 5.43. The molecule has 1 atom stereocenters. The molecule has 0 bridgehead atoms. The lowest BCUT2D eigenvalue weighted by Crippen LogP contribution is -2.45. The number of nitrogens with zero attached hydrogens (tertiary/aromatic N) is 1. The Morgan fingerprint density at radius 1 is 1.17 bits per heavy atom. The van der Waals surface area contributed by atoms with Crippen LogP contribution < -0.4 is 14.8 Å². The second-order valence-corrected chi connectivity index (χ2v) is 5.54. The van der Waals surface area contributed by atoms with E-state index in [1.54, 1.807) is 12.1 Å². The van der Waals surface area contributed by atoms with Gasteiger partial charge in [0.2, 0.25) is 0 Å². The highest BCUT2D eigenvalue weighted by molar-refractivity contribution is 5.85. The molecule has 138 valence electrons. The summed E-state index contributed by atoms with van der Waals surface area (Å²) in [5.74, 6) is 1.05. The summed E-state index contributed by atoms with van der Waals surface area (Å²) in [5, 5.41) is 3.22. The fourth-order valence-electron chi connectivity index (χ4n) is 3.00. The summed E-state index contributed by atoms with van der Waals surface area (Å²) in [6, 6.07) is 5.02. The predicted octanol–water partition coefficient (Wildman–Crippen LogP) is 3.41. The largest absolute Gasteiger partial charge is 0.493 e. The Labute approximate surface area is 146 Å². The Morgan fingerprint density at radius 2 is 1.83 bits per heavy atom. The molecule has 1 fully saturated rings. The number of methoxy groups -OCH3 is 2. The number of ether oxygens (including phenoxy) is 2. The van der Waals surface area contributed by atoms with Crippen LogP contribution >= 0.6 is 12.4 Å². The first kappa shape index (κ1) is 20.9. The number of para-hydroxylation sites is 1. The molecule has 24 heavy (non-hydrogen) atoms. The fraction of sp³-hybridized carbons (Fsp3) is 0.625. The summed E-state index contributed by atoms with van der Waals surface area (Å²) in [5.41, 5.74) is 0.748. The Bertz CT molecular complexity index is 509. The van der Waals surface area contributed by atoms with Gasteiger partial charge in [-0.05, 0) is 12.5 Å². The molecule has 8 heteroatoms. The van der Waals surface area contributed by atoms with Crippen molar-refractivity contribution in [1.82, 2.24) is 10.2 Å². The molecule has 0 unspecified atom stereocenters. The van der Waals surface area contributed by atoms with Gasteiger partial charge in [0.25, 0.3) is 0 Å². The molecular weight excluding hydrogens is 345 g/mol. The first-order valence-corrected chi connectivity index (χ1v) is 7.68. The molecule has 1 heterocycles. The van der Waals surface area contributed by atoms with Crippen LogP contribution in [0, 0.1) is 0 Å². The number of piperazine rings is 1. The van der Waals surface area contributed by atoms with Crippen LogP contribution in [0.4, 0.5) is 13.2 Å². The van der Waals surface area contributed by atoms with E-state index in [2.05, 4.69) is 10.2 Å². The topological polar surface area (TPSA) is 33.7 Å². The molecule has 2 rings (SSSR count). The van der Waals surface area contributed by atoms with E-state index in [1.165, 1.54) is 14.2 Å². The molecule has 0 amide bonds. The van der Waals surface area contributed by atoms with Gasteiger partial charge in [-0.1, -0.05) is 12.1 Å². The molecule has 1 saturated heterocycles. The number of benzene rings is 1. The Kier molecular flexibility index (Phi) is 8.12. The van der Waals surface area contributed by atoms with E-state index in [4.69, 9.17) is 9.47 Å². The minimum Gasteiger partial charge on any atom is -0.493 e. The summed E-state index contributed by atoms with van der Waals surface area (Å²) in [6.07, 6.45) is -4.98. The summed E-state index contributed by atoms with van der Waals surface area (Å²) < 4.78 is 48.9. The molecule has 1 N–H and O–H groups in total. The quantitative estimate of drug-likeness (QED) is 0.834. The van der Waals surface area contributed by atoms with Crippen LogP contribution in [-0.2, 0) is 0 Å². The Hall–Kier alpha value is -1.18. The van der Waals surface area contributed by atoms with Crippen molar-refractivity contribution in [3.05, 3.63) is 23.8 Å². The number of halogens is 4. The minimum absolute atomic E-state index is 0. The molecule has 0 aliphatic carbocycles. The maximum absolute atomic E-state index is 12.7. The maximum atomic E-state index is 12.7. The van der Waals surface area contributed by atoms with Crippen molar-refractivity contribution >= 4 is 12.4 Å². The monoisotopic (exact) mass is 368 g/mol. The average molecular weight is 369 g/mol. The SMILES string of the molecule is COc1cccc([C@H](CCC(F)(F)F)N2CCNCC2)c1OC.Cl. The van der Waals surface area contributed by atoms with E-state index in [0.717, 1.165) is 18.7 Å². The molecule has 0 saturated carbocycles. The first-order chi connectivity index (χ1) is 11.0. The van der Waals surface area contributed by atoms with Gasteiger partial charge >= 0.3 is 6.18 Å². The fourth-order valence-corrected chi connectivity index (χ4v) is 3.00. The van der Waals surface area contributed by atoms with E-state index in [1.807, 2.05) is 6.07 Å². The standard InChI is InChI=1S/C16H23F3N2O2.ClH/c1-22-14-5-3-4-12(15(14)23-2)13(6-7-16(17,18)19)21-10-8-20-9-11-21;/h3-5,13,20H,6-11H2,1-2H3;1H/t13-;/m0./s1. The molecule has 1 aromatic carbocycles. The first-order valence-electron chi connectivity index (χ1n) is 7.68. The molecule has 1 aliphatic rings. The molecule has 0 radical (unpaired) electrons. The van der Waals surface area contributed by atoms with Gasteiger partial charge in [0, 0.05) is 44.2 Å². The number of nitrogens with one attached hydrogen (secondary N) is 1. The summed E-state index contributed by atoms with van der Waals surface area (Å²) >= 11 is 0.